The Morgan fingerprint density at radius 3 is 2.42 bits per heavy atom. The molecule has 1 aromatic carbocycles. The lowest BCUT2D eigenvalue weighted by molar-refractivity contribution is -0.120. The summed E-state index contributed by atoms with van der Waals surface area (Å²) in [6.07, 6.45) is 4.11. The van der Waals surface area contributed by atoms with Crippen molar-refractivity contribution >= 4 is 28.8 Å². The van der Waals surface area contributed by atoms with E-state index in [-0.39, 0.29) is 11.8 Å². The number of fused-ring (bicyclic) bond motifs is 1. The Hall–Kier alpha value is -1.42. The molecule has 4 heteroatoms. The van der Waals surface area contributed by atoms with Gasteiger partial charge in [0, 0.05) is 18.0 Å². The third-order valence-electron chi connectivity index (χ3n) is 4.21. The van der Waals surface area contributed by atoms with Crippen molar-refractivity contribution in [3.8, 4) is 0 Å². The molecule has 19 heavy (non-hydrogen) atoms. The lowest BCUT2D eigenvalue weighted by atomic mass is 10.0. The standard InChI is InChI=1S/C15H18N2OS/c16-14(19)5-9-1-3-13(4-2-9)17-15(18)12-7-10-6-11(10)8-12/h1-4,10-12H,5-8H2,(H2,16,19)(H,17,18). The van der Waals surface area contributed by atoms with Gasteiger partial charge < -0.3 is 11.1 Å². The number of carbonyl (C=O) groups excluding carboxylic acids is 1. The van der Waals surface area contributed by atoms with Crippen LogP contribution in [0.5, 0.6) is 0 Å². The SMILES string of the molecule is NC(=S)Cc1ccc(NC(=O)C2CC3CC3C2)cc1. The first kappa shape index (κ1) is 12.6. The highest BCUT2D eigenvalue weighted by Gasteiger charge is 2.47. The van der Waals surface area contributed by atoms with Crippen LogP contribution in [0.4, 0.5) is 5.69 Å². The van der Waals surface area contributed by atoms with Crippen LogP contribution in [0, 0.1) is 17.8 Å². The van der Waals surface area contributed by atoms with E-state index in [0.29, 0.717) is 11.4 Å². The van der Waals surface area contributed by atoms with E-state index in [1.165, 1.54) is 6.42 Å². The minimum absolute atomic E-state index is 0.175. The maximum atomic E-state index is 12.1. The number of hydrogen-bond donors (Lipinski definition) is 2. The molecule has 0 bridgehead atoms. The second-order valence-corrected chi connectivity index (χ2v) is 6.28. The molecular formula is C15H18N2OS. The number of nitrogens with two attached hydrogens (primary N) is 1. The highest BCUT2D eigenvalue weighted by molar-refractivity contribution is 7.80. The summed E-state index contributed by atoms with van der Waals surface area (Å²) in [4.78, 5) is 12.6. The molecule has 0 heterocycles. The average molecular weight is 274 g/mol. The summed E-state index contributed by atoms with van der Waals surface area (Å²) < 4.78 is 0. The quantitative estimate of drug-likeness (QED) is 0.829. The number of anilines is 1. The molecule has 0 saturated heterocycles. The first-order chi connectivity index (χ1) is 9.11. The lowest BCUT2D eigenvalue weighted by Crippen LogP contribution is -2.21. The van der Waals surface area contributed by atoms with Crippen LogP contribution in [0.25, 0.3) is 0 Å². The molecular weight excluding hydrogens is 256 g/mol. The minimum atomic E-state index is 0.175. The summed E-state index contributed by atoms with van der Waals surface area (Å²) in [5.41, 5.74) is 7.44. The van der Waals surface area contributed by atoms with E-state index in [1.54, 1.807) is 0 Å². The van der Waals surface area contributed by atoms with Gasteiger partial charge in [0.05, 0.1) is 4.99 Å². The molecule has 3 rings (SSSR count). The van der Waals surface area contributed by atoms with Gasteiger partial charge in [-0.2, -0.15) is 0 Å². The van der Waals surface area contributed by atoms with Gasteiger partial charge in [0.25, 0.3) is 0 Å². The Kier molecular flexibility index (Phi) is 3.27. The average Bonchev–Trinajstić information content (AvgIpc) is 2.98. The summed E-state index contributed by atoms with van der Waals surface area (Å²) >= 11 is 4.88. The molecule has 0 aliphatic heterocycles. The third kappa shape index (κ3) is 2.95. The van der Waals surface area contributed by atoms with Gasteiger partial charge in [0.15, 0.2) is 0 Å². The smallest absolute Gasteiger partial charge is 0.227 e. The number of hydrogen-bond acceptors (Lipinski definition) is 2. The highest BCUT2D eigenvalue weighted by atomic mass is 32.1. The number of nitrogens with one attached hydrogen (secondary N) is 1. The van der Waals surface area contributed by atoms with Crippen LogP contribution >= 0.6 is 12.2 Å². The van der Waals surface area contributed by atoms with Gasteiger partial charge in [0.1, 0.15) is 0 Å². The summed E-state index contributed by atoms with van der Waals surface area (Å²) in [7, 11) is 0. The predicted octanol–water partition coefficient (Wildman–Crippen LogP) is 2.50. The molecule has 2 aliphatic rings. The second kappa shape index (κ2) is 4.93. The fourth-order valence-corrected chi connectivity index (χ4v) is 3.25. The first-order valence-electron chi connectivity index (χ1n) is 6.80. The molecule has 0 radical (unpaired) electrons. The molecule has 3 nitrogen and oxygen atoms in total. The van der Waals surface area contributed by atoms with Gasteiger partial charge in [0.2, 0.25) is 5.91 Å². The highest BCUT2D eigenvalue weighted by Crippen LogP contribution is 2.54. The monoisotopic (exact) mass is 274 g/mol. The van der Waals surface area contributed by atoms with Gasteiger partial charge in [-0.1, -0.05) is 24.4 Å². The fraction of sp³-hybridized carbons (Fsp3) is 0.467. The van der Waals surface area contributed by atoms with Gasteiger partial charge in [-0.25, -0.2) is 0 Å². The molecule has 1 aromatic rings. The van der Waals surface area contributed by atoms with E-state index >= 15 is 0 Å². The van der Waals surface area contributed by atoms with Crippen LogP contribution < -0.4 is 11.1 Å². The molecule has 2 aliphatic carbocycles. The largest absolute Gasteiger partial charge is 0.393 e. The summed E-state index contributed by atoms with van der Waals surface area (Å²) in [6, 6.07) is 7.75. The number of amides is 1. The molecule has 2 atom stereocenters. The van der Waals surface area contributed by atoms with E-state index in [9.17, 15) is 4.79 Å². The maximum Gasteiger partial charge on any atom is 0.227 e. The molecule has 100 valence electrons. The summed E-state index contributed by atoms with van der Waals surface area (Å²) in [5, 5.41) is 3.00. The molecule has 0 aromatic heterocycles. The zero-order valence-electron chi connectivity index (χ0n) is 10.8. The van der Waals surface area contributed by atoms with Crippen molar-refractivity contribution in [1.29, 1.82) is 0 Å². The van der Waals surface area contributed by atoms with Gasteiger partial charge in [-0.05, 0) is 48.8 Å². The van der Waals surface area contributed by atoms with Gasteiger partial charge in [-0.15, -0.1) is 0 Å². The first-order valence-corrected chi connectivity index (χ1v) is 7.21. The number of benzene rings is 1. The Labute approximate surface area is 118 Å². The van der Waals surface area contributed by atoms with Gasteiger partial charge >= 0.3 is 0 Å². The van der Waals surface area contributed by atoms with Crippen molar-refractivity contribution in [1.82, 2.24) is 0 Å². The number of carbonyl (C=O) groups is 1. The predicted molar refractivity (Wildman–Crippen MR) is 79.9 cm³/mol. The van der Waals surface area contributed by atoms with Crippen LogP contribution in [0.3, 0.4) is 0 Å². The van der Waals surface area contributed by atoms with Crippen molar-refractivity contribution in [2.24, 2.45) is 23.5 Å². The van der Waals surface area contributed by atoms with Crippen molar-refractivity contribution < 1.29 is 4.79 Å². The molecule has 2 fully saturated rings. The minimum Gasteiger partial charge on any atom is -0.393 e. The zero-order chi connectivity index (χ0) is 13.4. The van der Waals surface area contributed by atoms with E-state index in [2.05, 4.69) is 5.32 Å². The van der Waals surface area contributed by atoms with Crippen LogP contribution in [0.2, 0.25) is 0 Å². The van der Waals surface area contributed by atoms with Crippen LogP contribution in [0.15, 0.2) is 24.3 Å². The molecule has 2 unspecified atom stereocenters. The topological polar surface area (TPSA) is 55.1 Å². The van der Waals surface area contributed by atoms with Crippen molar-refractivity contribution in [2.45, 2.75) is 25.7 Å². The fourth-order valence-electron chi connectivity index (χ4n) is 3.08. The normalized spacial score (nSPS) is 27.7. The Balaban J connectivity index is 1.57. The number of rotatable bonds is 4. The van der Waals surface area contributed by atoms with E-state index in [1.807, 2.05) is 24.3 Å². The Morgan fingerprint density at radius 2 is 1.84 bits per heavy atom. The van der Waals surface area contributed by atoms with E-state index in [4.69, 9.17) is 18.0 Å². The molecule has 3 N–H and O–H groups in total. The maximum absolute atomic E-state index is 12.1. The molecule has 2 saturated carbocycles. The summed E-state index contributed by atoms with van der Waals surface area (Å²) in [5.74, 6) is 2.07. The lowest BCUT2D eigenvalue weighted by Gasteiger charge is -2.12. The third-order valence-corrected chi connectivity index (χ3v) is 4.36. The van der Waals surface area contributed by atoms with Crippen molar-refractivity contribution in [2.75, 3.05) is 5.32 Å². The Morgan fingerprint density at radius 1 is 1.21 bits per heavy atom. The van der Waals surface area contributed by atoms with Crippen LogP contribution in [-0.2, 0) is 11.2 Å². The van der Waals surface area contributed by atoms with Gasteiger partial charge in [-0.3, -0.25) is 4.79 Å². The summed E-state index contributed by atoms with van der Waals surface area (Å²) in [6.45, 7) is 0. The molecule has 0 spiro atoms. The van der Waals surface area contributed by atoms with Crippen molar-refractivity contribution in [3.05, 3.63) is 29.8 Å². The Bertz CT molecular complexity index is 501. The molecule has 1 amide bonds. The van der Waals surface area contributed by atoms with Crippen LogP contribution in [-0.4, -0.2) is 10.9 Å². The van der Waals surface area contributed by atoms with E-state index < -0.39 is 0 Å². The second-order valence-electron chi connectivity index (χ2n) is 5.75. The van der Waals surface area contributed by atoms with Crippen molar-refractivity contribution in [3.63, 3.8) is 0 Å². The zero-order valence-corrected chi connectivity index (χ0v) is 11.6. The number of thiocarbonyl (C=S) groups is 1. The van der Waals surface area contributed by atoms with Crippen LogP contribution in [0.1, 0.15) is 24.8 Å². The van der Waals surface area contributed by atoms with E-state index in [0.717, 1.165) is 35.9 Å².